The van der Waals surface area contributed by atoms with Crippen molar-refractivity contribution < 1.29 is 14.3 Å². The number of ether oxygens (including phenoxy) is 2. The molecule has 0 bridgehead atoms. The van der Waals surface area contributed by atoms with Crippen LogP contribution in [0.15, 0.2) is 0 Å². The topological polar surface area (TPSA) is 35.5 Å². The van der Waals surface area contributed by atoms with E-state index in [0.717, 1.165) is 0 Å². The van der Waals surface area contributed by atoms with Crippen LogP contribution < -0.4 is 0 Å². The van der Waals surface area contributed by atoms with Gasteiger partial charge in [-0.25, -0.2) is 4.79 Å². The number of rotatable bonds is 1. The highest BCUT2D eigenvalue weighted by molar-refractivity contribution is 5.59. The summed E-state index contributed by atoms with van der Waals surface area (Å²) < 4.78 is 8.46. The maximum Gasteiger partial charge on any atom is 0.507 e. The molecule has 3 nitrogen and oxygen atoms in total. The summed E-state index contributed by atoms with van der Waals surface area (Å²) in [6.45, 7) is 2.09. The molecule has 0 rings (SSSR count). The molecule has 11 heavy (non-hydrogen) atoms. The van der Waals surface area contributed by atoms with Gasteiger partial charge in [0.1, 0.15) is 0 Å². The second kappa shape index (κ2) is 22.8. The zero-order valence-electron chi connectivity index (χ0n) is 4.43. The Morgan fingerprint density at radius 1 is 1.18 bits per heavy atom. The molecule has 0 atom stereocenters. The lowest BCUT2D eigenvalue weighted by Gasteiger charge is -1.94. The first-order chi connectivity index (χ1) is 3.31. The highest BCUT2D eigenvalue weighted by Gasteiger charge is 1.92. The monoisotopic (exact) mass is 168 g/mol. The van der Waals surface area contributed by atoms with Gasteiger partial charge in [-0.3, -0.25) is 0 Å². The summed E-state index contributed by atoms with van der Waals surface area (Å²) in [5.41, 5.74) is 0. The fourth-order valence-electron chi connectivity index (χ4n) is 0.177. The predicted octanol–water partition coefficient (Wildman–Crippen LogP) is 3.33. The number of carbonyl (C=O) groups excluding carboxylic acids is 1. The molecule has 0 radical (unpaired) electrons. The Hall–Kier alpha value is -0.730. The molecule has 0 aromatic rings. The Bertz CT molecular complexity index is 62.4. The Balaban J connectivity index is -0.0000000300. The maximum absolute atomic E-state index is 9.97. The molecule has 0 spiro atoms. The predicted molar refractivity (Wildman–Crippen MR) is 51.0 cm³/mol. The Morgan fingerprint density at radius 3 is 1.64 bits per heavy atom. The SMILES string of the molecule is C.C.C.C.CCOC(=O)OC. The van der Waals surface area contributed by atoms with E-state index in [9.17, 15) is 4.79 Å². The van der Waals surface area contributed by atoms with Crippen molar-refractivity contribution in [1.82, 2.24) is 0 Å². The van der Waals surface area contributed by atoms with Gasteiger partial charge in [0, 0.05) is 0 Å². The molecule has 0 aromatic carbocycles. The summed E-state index contributed by atoms with van der Waals surface area (Å²) >= 11 is 0. The smallest absolute Gasteiger partial charge is 0.438 e. The molecule has 0 aromatic heterocycles. The number of methoxy groups -OCH3 is 1. The van der Waals surface area contributed by atoms with E-state index >= 15 is 0 Å². The normalized spacial score (nSPS) is 4.91. The van der Waals surface area contributed by atoms with Crippen LogP contribution in [0.3, 0.4) is 0 Å². The second-order valence-corrected chi connectivity index (χ2v) is 0.887. The zero-order chi connectivity index (χ0) is 5.70. The van der Waals surface area contributed by atoms with Crippen molar-refractivity contribution in [3.63, 3.8) is 0 Å². The van der Waals surface area contributed by atoms with Crippen LogP contribution in [0.4, 0.5) is 4.79 Å². The summed E-state index contributed by atoms with van der Waals surface area (Å²) in [6.07, 6.45) is -0.623. The van der Waals surface area contributed by atoms with Crippen LogP contribution in [0.1, 0.15) is 36.6 Å². The fraction of sp³-hybridized carbons (Fsp3) is 0.875. The molecule has 0 saturated heterocycles. The third-order valence-corrected chi connectivity index (χ3v) is 0.429. The molecule has 0 amide bonds. The molecule has 0 fully saturated rings. The van der Waals surface area contributed by atoms with Gasteiger partial charge in [0.25, 0.3) is 0 Å². The number of carbonyl (C=O) groups is 1. The summed E-state index contributed by atoms with van der Waals surface area (Å²) in [5, 5.41) is 0. The first-order valence-electron chi connectivity index (χ1n) is 2.02. The van der Waals surface area contributed by atoms with Crippen LogP contribution in [0.2, 0.25) is 0 Å². The molecule has 0 N–H and O–H groups in total. The first-order valence-corrected chi connectivity index (χ1v) is 2.02. The summed E-state index contributed by atoms with van der Waals surface area (Å²) in [5.74, 6) is 0. The minimum absolute atomic E-state index is 0. The summed E-state index contributed by atoms with van der Waals surface area (Å²) in [4.78, 5) is 9.97. The minimum atomic E-state index is -0.623. The van der Waals surface area contributed by atoms with E-state index in [4.69, 9.17) is 0 Å². The van der Waals surface area contributed by atoms with Crippen LogP contribution >= 0.6 is 0 Å². The van der Waals surface area contributed by atoms with Gasteiger partial charge in [-0.15, -0.1) is 0 Å². The van der Waals surface area contributed by atoms with Gasteiger partial charge in [-0.2, -0.15) is 0 Å². The second-order valence-electron chi connectivity index (χ2n) is 0.887. The molecule has 0 unspecified atom stereocenters. The Morgan fingerprint density at radius 2 is 1.55 bits per heavy atom. The van der Waals surface area contributed by atoms with Crippen molar-refractivity contribution in [2.24, 2.45) is 0 Å². The van der Waals surface area contributed by atoms with E-state index in [1.54, 1.807) is 6.92 Å². The lowest BCUT2D eigenvalue weighted by Crippen LogP contribution is -2.02. The number of hydrogen-bond acceptors (Lipinski definition) is 3. The van der Waals surface area contributed by atoms with Gasteiger partial charge in [-0.1, -0.05) is 29.7 Å². The Kier molecular flexibility index (Phi) is 65.9. The van der Waals surface area contributed by atoms with Crippen molar-refractivity contribution in [2.75, 3.05) is 13.7 Å². The lowest BCUT2D eigenvalue weighted by molar-refractivity contribution is 0.0771. The van der Waals surface area contributed by atoms with Gasteiger partial charge in [0.05, 0.1) is 13.7 Å². The van der Waals surface area contributed by atoms with Crippen LogP contribution in [0.5, 0.6) is 0 Å². The van der Waals surface area contributed by atoms with Crippen LogP contribution in [-0.2, 0) is 9.47 Å². The van der Waals surface area contributed by atoms with Crippen molar-refractivity contribution in [1.29, 1.82) is 0 Å². The molecular weight excluding hydrogens is 144 g/mol. The molecule has 0 aliphatic rings. The number of hydrogen-bond donors (Lipinski definition) is 0. The van der Waals surface area contributed by atoms with Crippen molar-refractivity contribution in [3.05, 3.63) is 0 Å². The molecule has 74 valence electrons. The van der Waals surface area contributed by atoms with E-state index in [1.807, 2.05) is 0 Å². The van der Waals surface area contributed by atoms with Crippen LogP contribution in [-0.4, -0.2) is 19.9 Å². The standard InChI is InChI=1S/C4H8O3.4CH4/c1-3-7-4(5)6-2;;;;/h3H2,1-2H3;4*1H4. The van der Waals surface area contributed by atoms with Gasteiger partial charge < -0.3 is 9.47 Å². The highest BCUT2D eigenvalue weighted by atomic mass is 16.7. The average molecular weight is 168 g/mol. The van der Waals surface area contributed by atoms with Gasteiger partial charge in [-0.05, 0) is 6.92 Å². The largest absolute Gasteiger partial charge is 0.507 e. The molecule has 0 saturated carbocycles. The molecule has 0 heterocycles. The summed E-state index contributed by atoms with van der Waals surface area (Å²) in [7, 11) is 1.28. The van der Waals surface area contributed by atoms with E-state index < -0.39 is 6.16 Å². The third-order valence-electron chi connectivity index (χ3n) is 0.429. The van der Waals surface area contributed by atoms with Crippen molar-refractivity contribution >= 4 is 6.16 Å². The maximum atomic E-state index is 9.97. The quantitative estimate of drug-likeness (QED) is 0.563. The Labute approximate surface area is 71.7 Å². The lowest BCUT2D eigenvalue weighted by atomic mass is 10.9. The molecular formula is C8H24O3. The summed E-state index contributed by atoms with van der Waals surface area (Å²) in [6, 6.07) is 0. The van der Waals surface area contributed by atoms with Gasteiger partial charge in [0.15, 0.2) is 0 Å². The van der Waals surface area contributed by atoms with Gasteiger partial charge in [0.2, 0.25) is 0 Å². The minimum Gasteiger partial charge on any atom is -0.438 e. The van der Waals surface area contributed by atoms with Gasteiger partial charge >= 0.3 is 6.16 Å². The fourth-order valence-corrected chi connectivity index (χ4v) is 0.177. The van der Waals surface area contributed by atoms with E-state index in [1.165, 1.54) is 7.11 Å². The van der Waals surface area contributed by atoms with E-state index in [2.05, 4.69) is 9.47 Å². The molecule has 0 aliphatic heterocycles. The highest BCUT2D eigenvalue weighted by Crippen LogP contribution is 1.77. The average Bonchev–Trinajstić information content (AvgIpc) is 1.68. The zero-order valence-corrected chi connectivity index (χ0v) is 4.43. The molecule has 0 aliphatic carbocycles. The molecule has 3 heteroatoms. The van der Waals surface area contributed by atoms with Crippen molar-refractivity contribution in [3.8, 4) is 0 Å². The van der Waals surface area contributed by atoms with Crippen molar-refractivity contribution in [2.45, 2.75) is 36.6 Å². The van der Waals surface area contributed by atoms with Crippen LogP contribution in [0, 0.1) is 0 Å². The van der Waals surface area contributed by atoms with E-state index in [-0.39, 0.29) is 29.7 Å². The van der Waals surface area contributed by atoms with Crippen LogP contribution in [0.25, 0.3) is 0 Å². The third kappa shape index (κ3) is 26.9. The first kappa shape index (κ1) is 31.8. The van der Waals surface area contributed by atoms with E-state index in [0.29, 0.717) is 6.61 Å².